The highest BCUT2D eigenvalue weighted by Crippen LogP contribution is 2.17. The first-order valence-corrected chi connectivity index (χ1v) is 6.90. The van der Waals surface area contributed by atoms with Crippen molar-refractivity contribution < 1.29 is 16.7 Å². The lowest BCUT2D eigenvalue weighted by Gasteiger charge is -2.28. The zero-order chi connectivity index (χ0) is 13.0. The van der Waals surface area contributed by atoms with Gasteiger partial charge in [-0.3, -0.25) is 0 Å². The molecule has 0 N–H and O–H groups in total. The Morgan fingerprint density at radius 3 is 2.39 bits per heavy atom. The minimum absolute atomic E-state index is 0.227. The van der Waals surface area contributed by atoms with Crippen LogP contribution in [0.5, 0.6) is 0 Å². The topological polar surface area (TPSA) is 41.9 Å². The maximum atomic E-state index is 12.1. The number of hydrogen-bond acceptors (Lipinski definition) is 4. The molecule has 0 atom stereocenters. The summed E-state index contributed by atoms with van der Waals surface area (Å²) < 4.78 is 42.5. The molecule has 7 heteroatoms. The molecule has 1 aromatic rings. The lowest BCUT2D eigenvalue weighted by Crippen LogP contribution is -2.36. The van der Waals surface area contributed by atoms with E-state index in [2.05, 4.69) is 9.26 Å². The Kier molecular flexibility index (Phi) is 4.13. The van der Waals surface area contributed by atoms with Crippen molar-refractivity contribution in [1.29, 1.82) is 0 Å². The van der Waals surface area contributed by atoms with Crippen LogP contribution in [0, 0.1) is 0 Å². The maximum absolute atomic E-state index is 12.1. The van der Waals surface area contributed by atoms with E-state index in [1.807, 2.05) is 12.1 Å². The van der Waals surface area contributed by atoms with Crippen molar-refractivity contribution in [2.45, 2.75) is 6.54 Å². The quantitative estimate of drug-likeness (QED) is 0.795. The van der Waals surface area contributed by atoms with Gasteiger partial charge in [0.25, 0.3) is 0 Å². The van der Waals surface area contributed by atoms with Gasteiger partial charge in [-0.2, -0.15) is 8.57 Å². The van der Waals surface area contributed by atoms with Crippen LogP contribution in [0.2, 0.25) is 0 Å². The second kappa shape index (κ2) is 5.62. The Morgan fingerprint density at radius 1 is 1.22 bits per heavy atom. The van der Waals surface area contributed by atoms with Crippen molar-refractivity contribution >= 4 is 16.2 Å². The Bertz CT molecular complexity index is 498. The second-order valence-electron chi connectivity index (χ2n) is 3.95. The number of morpholine rings is 1. The van der Waals surface area contributed by atoms with Crippen LogP contribution in [0.25, 0.3) is 0 Å². The third-order valence-corrected chi connectivity index (χ3v) is 3.14. The third kappa shape index (κ3) is 3.92. The second-order valence-corrected chi connectivity index (χ2v) is 5.00. The molecule has 18 heavy (non-hydrogen) atoms. The van der Waals surface area contributed by atoms with Crippen molar-refractivity contribution in [2.24, 2.45) is 4.36 Å². The monoisotopic (exact) mass is 276 g/mol. The molecule has 1 heterocycles. The zero-order valence-electron chi connectivity index (χ0n) is 9.72. The van der Waals surface area contributed by atoms with E-state index in [9.17, 15) is 12.0 Å². The number of ether oxygens (including phenoxy) is 1. The van der Waals surface area contributed by atoms with Crippen LogP contribution in [0.3, 0.4) is 0 Å². The molecule has 1 aliphatic rings. The molecule has 0 amide bonds. The smallest absolute Gasteiger partial charge is 0.367 e. The van der Waals surface area contributed by atoms with Gasteiger partial charge in [-0.25, -0.2) is 0 Å². The number of hydrogen-bond donors (Lipinski definition) is 0. The average molecular weight is 276 g/mol. The number of halogens is 2. The minimum atomic E-state index is -5.00. The molecule has 0 bridgehead atoms. The number of rotatable bonds is 3. The maximum Gasteiger partial charge on any atom is 0.367 e. The van der Waals surface area contributed by atoms with Crippen molar-refractivity contribution in [3.05, 3.63) is 29.8 Å². The highest BCUT2D eigenvalue weighted by atomic mass is 32.3. The summed E-state index contributed by atoms with van der Waals surface area (Å²) in [6.45, 7) is 2.82. The molecule has 2 rings (SSSR count). The van der Waals surface area contributed by atoms with Crippen molar-refractivity contribution in [3.8, 4) is 0 Å². The van der Waals surface area contributed by atoms with E-state index in [1.165, 1.54) is 0 Å². The molecule has 0 radical (unpaired) electrons. The SMILES string of the molecule is O=S(F)(F)=NCc1ccc(N2CCOCC2)cc1. The normalized spacial score (nSPS) is 16.7. The molecule has 4 nitrogen and oxygen atoms in total. The van der Waals surface area contributed by atoms with Crippen LogP contribution in [0.15, 0.2) is 28.6 Å². The van der Waals surface area contributed by atoms with E-state index in [4.69, 9.17) is 4.74 Å². The van der Waals surface area contributed by atoms with E-state index in [0.29, 0.717) is 18.8 Å². The van der Waals surface area contributed by atoms with Crippen LogP contribution < -0.4 is 4.90 Å². The summed E-state index contributed by atoms with van der Waals surface area (Å²) in [5.41, 5.74) is 1.65. The number of nitrogens with zero attached hydrogens (tertiary/aromatic N) is 2. The number of anilines is 1. The first-order chi connectivity index (χ1) is 8.54. The van der Waals surface area contributed by atoms with Crippen molar-refractivity contribution in [3.63, 3.8) is 0 Å². The van der Waals surface area contributed by atoms with Crippen LogP contribution >= 0.6 is 0 Å². The lowest BCUT2D eigenvalue weighted by atomic mass is 10.2. The van der Waals surface area contributed by atoms with Gasteiger partial charge in [0.05, 0.1) is 19.8 Å². The minimum Gasteiger partial charge on any atom is -0.378 e. The van der Waals surface area contributed by atoms with Gasteiger partial charge in [0.15, 0.2) is 0 Å². The van der Waals surface area contributed by atoms with E-state index >= 15 is 0 Å². The molecular weight excluding hydrogens is 262 g/mol. The molecule has 0 aromatic heterocycles. The summed E-state index contributed by atoms with van der Waals surface area (Å²) in [6.07, 6.45) is 0. The van der Waals surface area contributed by atoms with Gasteiger partial charge in [0.1, 0.15) is 0 Å². The molecular formula is C11H14F2N2O2S. The van der Waals surface area contributed by atoms with Crippen LogP contribution in [-0.4, -0.2) is 30.5 Å². The summed E-state index contributed by atoms with van der Waals surface area (Å²) in [6, 6.07) is 7.15. The van der Waals surface area contributed by atoms with Gasteiger partial charge in [0.2, 0.25) is 0 Å². The van der Waals surface area contributed by atoms with E-state index in [-0.39, 0.29) is 6.54 Å². The van der Waals surface area contributed by atoms with Crippen LogP contribution in [-0.2, 0) is 21.8 Å². The summed E-state index contributed by atoms with van der Waals surface area (Å²) >= 11 is 0. The first kappa shape index (κ1) is 13.2. The molecule has 100 valence electrons. The molecule has 0 spiro atoms. The first-order valence-electron chi connectivity index (χ1n) is 5.58. The summed E-state index contributed by atoms with van der Waals surface area (Å²) in [4.78, 5) is 2.16. The van der Waals surface area contributed by atoms with Crippen molar-refractivity contribution in [1.82, 2.24) is 0 Å². The average Bonchev–Trinajstić information content (AvgIpc) is 2.37. The van der Waals surface area contributed by atoms with Crippen molar-refractivity contribution in [2.75, 3.05) is 31.2 Å². The van der Waals surface area contributed by atoms with Crippen LogP contribution in [0.1, 0.15) is 5.56 Å². The molecule has 1 aromatic carbocycles. The fourth-order valence-electron chi connectivity index (χ4n) is 1.78. The zero-order valence-corrected chi connectivity index (χ0v) is 10.5. The fraction of sp³-hybridized carbons (Fsp3) is 0.455. The fourth-order valence-corrected chi connectivity index (χ4v) is 2.08. The largest absolute Gasteiger partial charge is 0.378 e. The summed E-state index contributed by atoms with van der Waals surface area (Å²) in [5, 5.41) is 0. The Balaban J connectivity index is 2.03. The van der Waals surface area contributed by atoms with Gasteiger partial charge in [-0.15, -0.1) is 0 Å². The van der Waals surface area contributed by atoms with E-state index in [0.717, 1.165) is 18.8 Å². The molecule has 1 saturated heterocycles. The van der Waals surface area contributed by atoms with E-state index in [1.54, 1.807) is 12.1 Å². The van der Waals surface area contributed by atoms with Gasteiger partial charge >= 0.3 is 10.5 Å². The third-order valence-electron chi connectivity index (χ3n) is 2.71. The van der Waals surface area contributed by atoms with Gasteiger partial charge in [-0.05, 0) is 17.7 Å². The lowest BCUT2D eigenvalue weighted by molar-refractivity contribution is 0.122. The highest BCUT2D eigenvalue weighted by Gasteiger charge is 2.10. The van der Waals surface area contributed by atoms with Gasteiger partial charge in [-0.1, -0.05) is 19.9 Å². The Labute approximate surface area is 105 Å². The molecule has 0 saturated carbocycles. The number of benzene rings is 1. The summed E-state index contributed by atoms with van der Waals surface area (Å²) in [7, 11) is -5.00. The van der Waals surface area contributed by atoms with E-state index < -0.39 is 10.5 Å². The molecule has 1 fully saturated rings. The molecule has 1 aliphatic heterocycles. The van der Waals surface area contributed by atoms with Gasteiger partial charge < -0.3 is 9.64 Å². The Hall–Kier alpha value is -1.21. The highest BCUT2D eigenvalue weighted by molar-refractivity contribution is 7.83. The predicted octanol–water partition coefficient (Wildman–Crippen LogP) is 2.26. The molecule has 0 aliphatic carbocycles. The summed E-state index contributed by atoms with van der Waals surface area (Å²) in [5.74, 6) is 0. The van der Waals surface area contributed by atoms with Gasteiger partial charge in [0, 0.05) is 18.8 Å². The standard InChI is InChI=1S/C11H14F2N2O2S/c12-18(13,16)14-9-10-1-3-11(4-2-10)15-5-7-17-8-6-15/h1-4H,5-9H2. The molecule has 0 unspecified atom stereocenters. The Morgan fingerprint density at radius 2 is 1.83 bits per heavy atom. The van der Waals surface area contributed by atoms with Crippen LogP contribution in [0.4, 0.5) is 13.5 Å². The predicted molar refractivity (Wildman–Crippen MR) is 66.0 cm³/mol.